The van der Waals surface area contributed by atoms with E-state index in [0.29, 0.717) is 28.5 Å². The fourth-order valence-corrected chi connectivity index (χ4v) is 5.35. The maximum atomic E-state index is 13.7. The van der Waals surface area contributed by atoms with Crippen LogP contribution in [0, 0.1) is 19.7 Å². The van der Waals surface area contributed by atoms with Gasteiger partial charge >= 0.3 is 0 Å². The first-order chi connectivity index (χ1) is 17.6. The largest absolute Gasteiger partial charge is 0.344 e. The van der Waals surface area contributed by atoms with Crippen LogP contribution in [0.25, 0.3) is 11.0 Å². The van der Waals surface area contributed by atoms with Gasteiger partial charge in [0.2, 0.25) is 5.95 Å². The highest BCUT2D eigenvalue weighted by Crippen LogP contribution is 2.31. The molecule has 0 radical (unpaired) electrons. The van der Waals surface area contributed by atoms with E-state index >= 15 is 0 Å². The van der Waals surface area contributed by atoms with E-state index < -0.39 is 21.9 Å². The van der Waals surface area contributed by atoms with E-state index in [2.05, 4.69) is 35.6 Å². The molecule has 37 heavy (non-hydrogen) atoms. The zero-order chi connectivity index (χ0) is 26.3. The number of hydrogen-bond acceptors (Lipinski definition) is 9. The Bertz CT molecular complexity index is 1700. The summed E-state index contributed by atoms with van der Waals surface area (Å²) in [6.07, 6.45) is 5.54. The van der Waals surface area contributed by atoms with Gasteiger partial charge in [-0.05, 0) is 39.0 Å². The Hall–Kier alpha value is -4.39. The van der Waals surface area contributed by atoms with Gasteiger partial charge in [-0.1, -0.05) is 17.7 Å². The number of fused-ring (bicyclic) bond motifs is 1. The van der Waals surface area contributed by atoms with Gasteiger partial charge in [0, 0.05) is 18.9 Å². The first kappa shape index (κ1) is 24.3. The molecule has 11 nitrogen and oxygen atoms in total. The number of halogens is 1. The Balaban J connectivity index is 1.65. The molecule has 190 valence electrons. The van der Waals surface area contributed by atoms with Gasteiger partial charge in [0.1, 0.15) is 17.5 Å². The Morgan fingerprint density at radius 2 is 1.73 bits per heavy atom. The molecule has 0 fully saturated rings. The number of nitrogens with zero attached hydrogens (tertiary/aromatic N) is 7. The summed E-state index contributed by atoms with van der Waals surface area (Å²) in [7, 11) is -2.14. The molecule has 0 amide bonds. The summed E-state index contributed by atoms with van der Waals surface area (Å²) in [4.78, 5) is 21.6. The van der Waals surface area contributed by atoms with Crippen LogP contribution < -0.4 is 10.6 Å². The van der Waals surface area contributed by atoms with Crippen molar-refractivity contribution in [1.29, 1.82) is 0 Å². The molecule has 4 aromatic heterocycles. The molecule has 0 aliphatic carbocycles. The minimum absolute atomic E-state index is 0.129. The third-order valence-electron chi connectivity index (χ3n) is 5.68. The van der Waals surface area contributed by atoms with Gasteiger partial charge < -0.3 is 15.2 Å². The number of nitrogens with one attached hydrogen (secondary N) is 2. The molecule has 0 aliphatic rings. The lowest BCUT2D eigenvalue weighted by atomic mass is 10.2. The second-order valence-corrected chi connectivity index (χ2v) is 10.5. The maximum Gasteiger partial charge on any atom is 0.269 e. The number of imidazole rings is 1. The predicted molar refractivity (Wildman–Crippen MR) is 137 cm³/mol. The molecular formula is C24H24FN9O2S. The molecule has 0 spiro atoms. The van der Waals surface area contributed by atoms with Crippen molar-refractivity contribution in [2.45, 2.75) is 31.7 Å². The Labute approximate surface area is 212 Å². The molecule has 1 atom stereocenters. The average Bonchev–Trinajstić information content (AvgIpc) is 3.41. The monoisotopic (exact) mass is 521 g/mol. The van der Waals surface area contributed by atoms with Gasteiger partial charge in [0.05, 0.1) is 35.0 Å². The molecule has 4 heterocycles. The Kier molecular flexibility index (Phi) is 6.07. The quantitative estimate of drug-likeness (QED) is 0.327. The molecule has 0 aliphatic heterocycles. The summed E-state index contributed by atoms with van der Waals surface area (Å²) in [5, 5.41) is 6.74. The molecule has 5 rings (SSSR count). The summed E-state index contributed by atoms with van der Waals surface area (Å²) >= 11 is 0. The number of aryl methyl sites for hydroxylation is 3. The van der Waals surface area contributed by atoms with E-state index in [-0.39, 0.29) is 16.5 Å². The molecular weight excluding hydrogens is 497 g/mol. The van der Waals surface area contributed by atoms with Gasteiger partial charge in [0.15, 0.2) is 11.5 Å². The first-order valence-corrected chi connectivity index (χ1v) is 12.8. The van der Waals surface area contributed by atoms with Crippen LogP contribution in [0.2, 0.25) is 0 Å². The van der Waals surface area contributed by atoms with E-state index in [1.54, 1.807) is 61.3 Å². The topological polar surface area (TPSA) is 133 Å². The van der Waals surface area contributed by atoms with Crippen molar-refractivity contribution in [3.05, 3.63) is 78.1 Å². The van der Waals surface area contributed by atoms with Crippen molar-refractivity contribution in [3.8, 4) is 0 Å². The third kappa shape index (κ3) is 4.72. The van der Waals surface area contributed by atoms with E-state index in [9.17, 15) is 12.8 Å². The van der Waals surface area contributed by atoms with Crippen LogP contribution in [-0.4, -0.2) is 41.9 Å². The molecule has 0 unspecified atom stereocenters. The lowest BCUT2D eigenvalue weighted by molar-refractivity contribution is 0.587. The normalized spacial score (nSPS) is 12.6. The number of aromatic nitrogens is 7. The van der Waals surface area contributed by atoms with Crippen LogP contribution in [0.5, 0.6) is 0 Å². The SMILES string of the molecule is Cc1ccc(S(=O)(=O)n2c(C)cc3c(Nc4cn(C)cn4)nc(N[C@@H](C)c4ncc(F)cn4)nc32)cc1. The van der Waals surface area contributed by atoms with Crippen LogP contribution in [-0.2, 0) is 17.1 Å². The minimum atomic E-state index is -3.97. The Morgan fingerprint density at radius 3 is 2.38 bits per heavy atom. The highest BCUT2D eigenvalue weighted by atomic mass is 32.2. The van der Waals surface area contributed by atoms with Crippen molar-refractivity contribution in [2.24, 2.45) is 7.05 Å². The van der Waals surface area contributed by atoms with E-state index in [1.807, 2.05) is 14.0 Å². The van der Waals surface area contributed by atoms with Gasteiger partial charge in [-0.25, -0.2) is 31.7 Å². The zero-order valence-electron chi connectivity index (χ0n) is 20.5. The summed E-state index contributed by atoms with van der Waals surface area (Å²) in [5.74, 6) is 0.785. The smallest absolute Gasteiger partial charge is 0.269 e. The van der Waals surface area contributed by atoms with E-state index in [0.717, 1.165) is 18.0 Å². The molecule has 1 aromatic carbocycles. The number of rotatable bonds is 7. The lowest BCUT2D eigenvalue weighted by Crippen LogP contribution is -2.17. The average molecular weight is 522 g/mol. The van der Waals surface area contributed by atoms with E-state index in [4.69, 9.17) is 0 Å². The van der Waals surface area contributed by atoms with Crippen LogP contribution in [0.15, 0.2) is 60.1 Å². The minimum Gasteiger partial charge on any atom is -0.344 e. The lowest BCUT2D eigenvalue weighted by Gasteiger charge is -2.15. The summed E-state index contributed by atoms with van der Waals surface area (Å²) in [6, 6.07) is 7.83. The van der Waals surface area contributed by atoms with Crippen molar-refractivity contribution >= 4 is 38.6 Å². The molecule has 0 bridgehead atoms. The van der Waals surface area contributed by atoms with Gasteiger partial charge in [-0.15, -0.1) is 0 Å². The standard InChI is InChI=1S/C24H24FN9O2S/c1-14-5-7-18(8-6-14)37(35,36)34-15(2)9-19-22(30-20-12-33(4)13-28-20)31-24(32-23(19)34)29-16(3)21-26-10-17(25)11-27-21/h5-13,16H,1-4H3,(H2,29,30,31,32)/t16-/m0/s1. The number of benzene rings is 1. The number of hydrogen-bond donors (Lipinski definition) is 2. The molecule has 2 N–H and O–H groups in total. The summed E-state index contributed by atoms with van der Waals surface area (Å²) < 4.78 is 43.6. The summed E-state index contributed by atoms with van der Waals surface area (Å²) in [5.41, 5.74) is 1.59. The summed E-state index contributed by atoms with van der Waals surface area (Å²) in [6.45, 7) is 5.35. The van der Waals surface area contributed by atoms with Crippen molar-refractivity contribution in [3.63, 3.8) is 0 Å². The third-order valence-corrected chi connectivity index (χ3v) is 7.48. The van der Waals surface area contributed by atoms with Gasteiger partial charge in [-0.2, -0.15) is 9.97 Å². The van der Waals surface area contributed by atoms with Crippen LogP contribution >= 0.6 is 0 Å². The van der Waals surface area contributed by atoms with E-state index in [1.165, 1.54) is 3.97 Å². The highest BCUT2D eigenvalue weighted by molar-refractivity contribution is 7.90. The van der Waals surface area contributed by atoms with Crippen LogP contribution in [0.1, 0.15) is 30.0 Å². The number of anilines is 3. The zero-order valence-corrected chi connectivity index (χ0v) is 21.3. The van der Waals surface area contributed by atoms with Crippen molar-refractivity contribution < 1.29 is 12.8 Å². The van der Waals surface area contributed by atoms with Crippen molar-refractivity contribution in [1.82, 2.24) is 33.5 Å². The maximum absolute atomic E-state index is 13.7. The van der Waals surface area contributed by atoms with Crippen LogP contribution in [0.4, 0.5) is 22.0 Å². The van der Waals surface area contributed by atoms with Gasteiger partial charge in [-0.3, -0.25) is 0 Å². The highest BCUT2D eigenvalue weighted by Gasteiger charge is 2.25. The fourth-order valence-electron chi connectivity index (χ4n) is 3.86. The predicted octanol–water partition coefficient (Wildman–Crippen LogP) is 3.86. The van der Waals surface area contributed by atoms with Crippen molar-refractivity contribution in [2.75, 3.05) is 10.6 Å². The molecule has 0 saturated carbocycles. The van der Waals surface area contributed by atoms with Gasteiger partial charge in [0.25, 0.3) is 10.0 Å². The fraction of sp³-hybridized carbons (Fsp3) is 0.208. The molecule has 5 aromatic rings. The molecule has 0 saturated heterocycles. The second kappa shape index (κ2) is 9.24. The Morgan fingerprint density at radius 1 is 1.03 bits per heavy atom. The molecule has 13 heteroatoms. The first-order valence-electron chi connectivity index (χ1n) is 11.3. The second-order valence-electron chi connectivity index (χ2n) is 8.68. The van der Waals surface area contributed by atoms with Crippen LogP contribution in [0.3, 0.4) is 0 Å².